The number of carboxylic acid groups (broad SMARTS) is 1. The van der Waals surface area contributed by atoms with Gasteiger partial charge >= 0.3 is 5.97 Å². The van der Waals surface area contributed by atoms with Crippen LogP contribution < -0.4 is 5.32 Å². The summed E-state index contributed by atoms with van der Waals surface area (Å²) in [6, 6.07) is -0.563. The van der Waals surface area contributed by atoms with E-state index in [0.717, 1.165) is 12.8 Å². The third kappa shape index (κ3) is 2.48. The molecule has 4 nitrogen and oxygen atoms in total. The number of hydrogen-bond donors (Lipinski definition) is 3. The Hall–Kier alpha value is -0.610. The molecule has 64 valence electrons. The molecule has 0 radical (unpaired) electrons. The van der Waals surface area contributed by atoms with E-state index in [1.54, 1.807) is 0 Å². The van der Waals surface area contributed by atoms with Gasteiger partial charge in [-0.15, -0.1) is 0 Å². The minimum atomic E-state index is -0.869. The van der Waals surface area contributed by atoms with E-state index < -0.39 is 18.2 Å². The zero-order valence-corrected chi connectivity index (χ0v) is 6.29. The minimum absolute atomic E-state index is 0.563. The van der Waals surface area contributed by atoms with Crippen molar-refractivity contribution < 1.29 is 15.0 Å². The maximum atomic E-state index is 10.5. The molecule has 4 heteroatoms. The first-order valence-corrected chi connectivity index (χ1v) is 3.87. The molecule has 0 saturated carbocycles. The van der Waals surface area contributed by atoms with E-state index in [2.05, 4.69) is 5.32 Å². The van der Waals surface area contributed by atoms with Crippen LogP contribution >= 0.6 is 0 Å². The lowest BCUT2D eigenvalue weighted by molar-refractivity contribution is -0.140. The summed E-state index contributed by atoms with van der Waals surface area (Å²) in [6.07, 6.45) is 2.41. The fraction of sp³-hybridized carbons (Fsp3) is 0.857. The van der Waals surface area contributed by atoms with Crippen LogP contribution in [0.2, 0.25) is 0 Å². The van der Waals surface area contributed by atoms with E-state index in [0.29, 0.717) is 12.8 Å². The minimum Gasteiger partial charge on any atom is -0.480 e. The second-order valence-corrected chi connectivity index (χ2v) is 2.86. The number of aliphatic hydroxyl groups excluding tert-OH is 1. The average molecular weight is 159 g/mol. The highest BCUT2D eigenvalue weighted by atomic mass is 16.4. The van der Waals surface area contributed by atoms with Crippen LogP contribution in [0.3, 0.4) is 0 Å². The lowest BCUT2D eigenvalue weighted by Gasteiger charge is -2.13. The van der Waals surface area contributed by atoms with Gasteiger partial charge in [0.1, 0.15) is 12.3 Å². The predicted molar refractivity (Wildman–Crippen MR) is 39.0 cm³/mol. The van der Waals surface area contributed by atoms with Gasteiger partial charge in [0.05, 0.1) is 0 Å². The lowest BCUT2D eigenvalue weighted by Crippen LogP contribution is -2.41. The van der Waals surface area contributed by atoms with Crippen LogP contribution in [0, 0.1) is 0 Å². The van der Waals surface area contributed by atoms with E-state index >= 15 is 0 Å². The molecule has 1 aliphatic rings. The standard InChI is InChI=1S/C7H13NO3/c9-6-4-2-1-3-5(8-6)7(10)11/h5-6,8-9H,1-4H2,(H,10,11)/t5-,6?/m0/s1. The molecule has 1 heterocycles. The smallest absolute Gasteiger partial charge is 0.320 e. The van der Waals surface area contributed by atoms with Crippen LogP contribution in [0.1, 0.15) is 25.7 Å². The summed E-state index contributed by atoms with van der Waals surface area (Å²) in [5, 5.41) is 20.4. The summed E-state index contributed by atoms with van der Waals surface area (Å²) in [5.41, 5.74) is 0. The Labute approximate surface area is 65.2 Å². The Morgan fingerprint density at radius 1 is 1.36 bits per heavy atom. The third-order valence-electron chi connectivity index (χ3n) is 1.91. The fourth-order valence-electron chi connectivity index (χ4n) is 1.28. The van der Waals surface area contributed by atoms with Gasteiger partial charge in [0.25, 0.3) is 0 Å². The van der Waals surface area contributed by atoms with Crippen LogP contribution in [-0.2, 0) is 4.79 Å². The normalized spacial score (nSPS) is 32.8. The monoisotopic (exact) mass is 159 g/mol. The number of nitrogens with one attached hydrogen (secondary N) is 1. The summed E-state index contributed by atoms with van der Waals surface area (Å²) < 4.78 is 0. The van der Waals surface area contributed by atoms with Gasteiger partial charge in [-0.05, 0) is 19.3 Å². The van der Waals surface area contributed by atoms with E-state index in [-0.39, 0.29) is 0 Å². The van der Waals surface area contributed by atoms with Gasteiger partial charge in [-0.1, -0.05) is 6.42 Å². The molecule has 0 aliphatic carbocycles. The van der Waals surface area contributed by atoms with Crippen molar-refractivity contribution in [3.63, 3.8) is 0 Å². The van der Waals surface area contributed by atoms with Crippen LogP contribution in [0.15, 0.2) is 0 Å². The van der Waals surface area contributed by atoms with Crippen LogP contribution in [-0.4, -0.2) is 28.5 Å². The summed E-state index contributed by atoms with van der Waals surface area (Å²) >= 11 is 0. The van der Waals surface area contributed by atoms with Gasteiger partial charge in [-0.3, -0.25) is 10.1 Å². The molecule has 11 heavy (non-hydrogen) atoms. The Kier molecular flexibility index (Phi) is 2.84. The highest BCUT2D eigenvalue weighted by Gasteiger charge is 2.22. The van der Waals surface area contributed by atoms with Crippen molar-refractivity contribution in [3.8, 4) is 0 Å². The molecule has 1 rings (SSSR count). The maximum absolute atomic E-state index is 10.5. The number of carboxylic acids is 1. The van der Waals surface area contributed by atoms with E-state index in [1.807, 2.05) is 0 Å². The van der Waals surface area contributed by atoms with Crippen molar-refractivity contribution in [1.82, 2.24) is 5.32 Å². The van der Waals surface area contributed by atoms with Crippen LogP contribution in [0.5, 0.6) is 0 Å². The van der Waals surface area contributed by atoms with Crippen LogP contribution in [0.4, 0.5) is 0 Å². The molecule has 3 N–H and O–H groups in total. The Morgan fingerprint density at radius 2 is 2.00 bits per heavy atom. The zero-order valence-electron chi connectivity index (χ0n) is 6.29. The van der Waals surface area contributed by atoms with Crippen molar-refractivity contribution in [2.45, 2.75) is 38.0 Å². The zero-order chi connectivity index (χ0) is 8.27. The van der Waals surface area contributed by atoms with E-state index in [1.165, 1.54) is 0 Å². The first-order valence-electron chi connectivity index (χ1n) is 3.87. The molecule has 0 bridgehead atoms. The highest BCUT2D eigenvalue weighted by Crippen LogP contribution is 2.11. The topological polar surface area (TPSA) is 69.6 Å². The summed E-state index contributed by atoms with van der Waals surface area (Å²) in [7, 11) is 0. The van der Waals surface area contributed by atoms with Gasteiger partial charge in [0.2, 0.25) is 0 Å². The van der Waals surface area contributed by atoms with Crippen molar-refractivity contribution in [1.29, 1.82) is 0 Å². The van der Waals surface area contributed by atoms with Gasteiger partial charge in [-0.25, -0.2) is 0 Å². The third-order valence-corrected chi connectivity index (χ3v) is 1.91. The summed E-state index contributed by atoms with van der Waals surface area (Å²) in [6.45, 7) is 0. The van der Waals surface area contributed by atoms with Crippen molar-refractivity contribution in [3.05, 3.63) is 0 Å². The second kappa shape index (κ2) is 3.69. The molecule has 0 aromatic rings. The largest absolute Gasteiger partial charge is 0.480 e. The Balaban J connectivity index is 2.45. The number of hydrogen-bond acceptors (Lipinski definition) is 3. The molecule has 0 spiro atoms. The molecule has 1 unspecified atom stereocenters. The van der Waals surface area contributed by atoms with Gasteiger partial charge in [0.15, 0.2) is 0 Å². The summed E-state index contributed by atoms with van der Waals surface area (Å²) in [5.74, 6) is -0.869. The predicted octanol–water partition coefficient (Wildman–Crippen LogP) is -0.0784. The molecule has 0 aromatic heterocycles. The average Bonchev–Trinajstić information content (AvgIpc) is 2.13. The van der Waals surface area contributed by atoms with E-state index in [4.69, 9.17) is 10.2 Å². The Morgan fingerprint density at radius 3 is 2.64 bits per heavy atom. The van der Waals surface area contributed by atoms with E-state index in [9.17, 15) is 4.79 Å². The summed E-state index contributed by atoms with van der Waals surface area (Å²) in [4.78, 5) is 10.5. The lowest BCUT2D eigenvalue weighted by atomic mass is 10.1. The molecular formula is C7H13NO3. The first-order chi connectivity index (χ1) is 5.20. The molecular weight excluding hydrogens is 146 g/mol. The van der Waals surface area contributed by atoms with Gasteiger partial charge in [-0.2, -0.15) is 0 Å². The SMILES string of the molecule is O=C(O)[C@@H]1CCCCC(O)N1. The first kappa shape index (κ1) is 8.49. The van der Waals surface area contributed by atoms with Gasteiger partial charge < -0.3 is 10.2 Å². The Bertz CT molecular complexity index is 149. The molecule has 2 atom stereocenters. The fourth-order valence-corrected chi connectivity index (χ4v) is 1.28. The van der Waals surface area contributed by atoms with Gasteiger partial charge in [0, 0.05) is 0 Å². The van der Waals surface area contributed by atoms with Crippen molar-refractivity contribution >= 4 is 5.97 Å². The quantitative estimate of drug-likeness (QED) is 0.500. The maximum Gasteiger partial charge on any atom is 0.320 e. The molecule has 1 saturated heterocycles. The van der Waals surface area contributed by atoms with Crippen molar-refractivity contribution in [2.24, 2.45) is 0 Å². The van der Waals surface area contributed by atoms with Crippen LogP contribution in [0.25, 0.3) is 0 Å². The number of aliphatic carboxylic acids is 1. The number of carbonyl (C=O) groups is 1. The number of rotatable bonds is 1. The molecule has 0 aromatic carbocycles. The van der Waals surface area contributed by atoms with Crippen molar-refractivity contribution in [2.75, 3.05) is 0 Å². The number of aliphatic hydroxyl groups is 1. The molecule has 1 aliphatic heterocycles. The highest BCUT2D eigenvalue weighted by molar-refractivity contribution is 5.73. The second-order valence-electron chi connectivity index (χ2n) is 2.86. The molecule has 0 amide bonds. The molecule has 1 fully saturated rings.